The molecule has 126 valence electrons. The molecular weight excluding hydrogens is 305 g/mol. The number of nitrogens with two attached hydrogens (primary N) is 1. The largest absolute Gasteiger partial charge is 0.399 e. The van der Waals surface area contributed by atoms with Crippen molar-refractivity contribution in [3.63, 3.8) is 0 Å². The Hall–Kier alpha value is -2.56. The zero-order chi connectivity index (χ0) is 17.1. The van der Waals surface area contributed by atoms with E-state index in [0.717, 1.165) is 37.5 Å². The molecule has 0 saturated carbocycles. The van der Waals surface area contributed by atoms with Crippen molar-refractivity contribution in [2.24, 2.45) is 5.92 Å². The number of hydrogen-bond donors (Lipinski definition) is 2. The van der Waals surface area contributed by atoms with Gasteiger partial charge in [0.15, 0.2) is 0 Å². The van der Waals surface area contributed by atoms with Crippen molar-refractivity contribution in [2.45, 2.75) is 19.8 Å². The van der Waals surface area contributed by atoms with E-state index in [1.807, 2.05) is 12.1 Å². The Kier molecular flexibility index (Phi) is 4.69. The number of nitrogens with one attached hydrogen (secondary N) is 1. The van der Waals surface area contributed by atoms with E-state index in [2.05, 4.69) is 17.1 Å². The first-order valence-corrected chi connectivity index (χ1v) is 8.24. The summed E-state index contributed by atoms with van der Waals surface area (Å²) in [5, 5.41) is 2.88. The van der Waals surface area contributed by atoms with Gasteiger partial charge in [-0.2, -0.15) is 0 Å². The van der Waals surface area contributed by atoms with Crippen LogP contribution in [0, 0.1) is 11.7 Å². The van der Waals surface area contributed by atoms with E-state index in [9.17, 15) is 9.18 Å². The van der Waals surface area contributed by atoms with E-state index in [1.165, 1.54) is 18.2 Å². The van der Waals surface area contributed by atoms with E-state index < -0.39 is 5.82 Å². The lowest BCUT2D eigenvalue weighted by Gasteiger charge is -2.33. The highest BCUT2D eigenvalue weighted by molar-refractivity contribution is 6.06. The summed E-state index contributed by atoms with van der Waals surface area (Å²) in [4.78, 5) is 14.7. The third-order valence-corrected chi connectivity index (χ3v) is 4.48. The second-order valence-electron chi connectivity index (χ2n) is 6.41. The van der Waals surface area contributed by atoms with Crippen LogP contribution < -0.4 is 16.0 Å². The fourth-order valence-corrected chi connectivity index (χ4v) is 3.00. The van der Waals surface area contributed by atoms with Crippen molar-refractivity contribution in [3.05, 3.63) is 53.8 Å². The van der Waals surface area contributed by atoms with Crippen LogP contribution in [0.15, 0.2) is 42.5 Å². The summed E-state index contributed by atoms with van der Waals surface area (Å²) >= 11 is 0. The van der Waals surface area contributed by atoms with Gasteiger partial charge in [-0.25, -0.2) is 4.39 Å². The molecule has 0 atom stereocenters. The molecule has 0 bridgehead atoms. The van der Waals surface area contributed by atoms with Gasteiger partial charge in [0, 0.05) is 24.3 Å². The normalized spacial score (nSPS) is 15.3. The maximum atomic E-state index is 13.3. The third-order valence-electron chi connectivity index (χ3n) is 4.48. The van der Waals surface area contributed by atoms with Gasteiger partial charge in [0.05, 0.1) is 11.4 Å². The molecule has 1 aliphatic rings. The number of carbonyl (C=O) groups excluding carboxylic acids is 1. The Morgan fingerprint density at radius 3 is 2.67 bits per heavy atom. The Bertz CT molecular complexity index is 739. The molecule has 2 aromatic rings. The first-order chi connectivity index (χ1) is 11.5. The molecule has 3 rings (SSSR count). The van der Waals surface area contributed by atoms with Crippen molar-refractivity contribution in [3.8, 4) is 0 Å². The summed E-state index contributed by atoms with van der Waals surface area (Å²) in [6.07, 6.45) is 2.25. The van der Waals surface area contributed by atoms with Crippen LogP contribution in [-0.2, 0) is 0 Å². The molecule has 3 N–H and O–H groups in total. The minimum atomic E-state index is -0.430. The van der Waals surface area contributed by atoms with Gasteiger partial charge in [-0.1, -0.05) is 13.0 Å². The van der Waals surface area contributed by atoms with Crippen molar-refractivity contribution >= 4 is 23.0 Å². The van der Waals surface area contributed by atoms with Gasteiger partial charge in [0.1, 0.15) is 5.82 Å². The average Bonchev–Trinajstić information content (AvgIpc) is 2.56. The van der Waals surface area contributed by atoms with E-state index in [4.69, 9.17) is 5.73 Å². The second-order valence-corrected chi connectivity index (χ2v) is 6.41. The average molecular weight is 327 g/mol. The van der Waals surface area contributed by atoms with Crippen LogP contribution in [0.25, 0.3) is 0 Å². The number of anilines is 3. The summed E-state index contributed by atoms with van der Waals surface area (Å²) in [6, 6.07) is 11.2. The van der Waals surface area contributed by atoms with Gasteiger partial charge in [-0.3, -0.25) is 4.79 Å². The highest BCUT2D eigenvalue weighted by Crippen LogP contribution is 2.32. The maximum Gasteiger partial charge on any atom is 0.255 e. The number of amides is 1. The molecule has 1 heterocycles. The molecule has 5 heteroatoms. The molecule has 1 amide bonds. The Morgan fingerprint density at radius 2 is 1.96 bits per heavy atom. The first-order valence-electron chi connectivity index (χ1n) is 8.24. The van der Waals surface area contributed by atoms with Crippen LogP contribution >= 0.6 is 0 Å². The van der Waals surface area contributed by atoms with Crippen LogP contribution in [-0.4, -0.2) is 19.0 Å². The summed E-state index contributed by atoms with van der Waals surface area (Å²) in [7, 11) is 0. The van der Waals surface area contributed by atoms with E-state index in [0.29, 0.717) is 11.4 Å². The molecule has 1 saturated heterocycles. The van der Waals surface area contributed by atoms with Crippen molar-refractivity contribution in [1.29, 1.82) is 0 Å². The molecule has 2 aromatic carbocycles. The Balaban J connectivity index is 1.84. The second kappa shape index (κ2) is 6.91. The van der Waals surface area contributed by atoms with Crippen LogP contribution in [0.2, 0.25) is 0 Å². The fraction of sp³-hybridized carbons (Fsp3) is 0.316. The van der Waals surface area contributed by atoms with Gasteiger partial charge < -0.3 is 16.0 Å². The minimum Gasteiger partial charge on any atom is -0.399 e. The van der Waals surface area contributed by atoms with Crippen LogP contribution in [0.4, 0.5) is 21.5 Å². The standard InChI is InChI=1S/C19H22FN3O/c1-13-7-9-23(10-8-13)18-6-5-16(21)12-17(18)22-19(24)14-3-2-4-15(20)11-14/h2-6,11-13H,7-10,21H2,1H3,(H,22,24). The SMILES string of the molecule is CC1CCN(c2ccc(N)cc2NC(=O)c2cccc(F)c2)CC1. The Morgan fingerprint density at radius 1 is 1.21 bits per heavy atom. The quantitative estimate of drug-likeness (QED) is 0.841. The fourth-order valence-electron chi connectivity index (χ4n) is 3.00. The van der Waals surface area contributed by atoms with Crippen molar-refractivity contribution in [2.75, 3.05) is 29.0 Å². The van der Waals surface area contributed by atoms with Crippen LogP contribution in [0.1, 0.15) is 30.1 Å². The van der Waals surface area contributed by atoms with E-state index in [1.54, 1.807) is 12.1 Å². The van der Waals surface area contributed by atoms with Gasteiger partial charge in [-0.05, 0) is 55.2 Å². The highest BCUT2D eigenvalue weighted by atomic mass is 19.1. The molecule has 0 spiro atoms. The molecule has 0 aliphatic carbocycles. The zero-order valence-corrected chi connectivity index (χ0v) is 13.8. The van der Waals surface area contributed by atoms with Gasteiger partial charge in [0.25, 0.3) is 5.91 Å². The number of rotatable bonds is 3. The number of hydrogen-bond acceptors (Lipinski definition) is 3. The van der Waals surface area contributed by atoms with Crippen molar-refractivity contribution < 1.29 is 9.18 Å². The summed E-state index contributed by atoms with van der Waals surface area (Å²) < 4.78 is 13.3. The van der Waals surface area contributed by atoms with Gasteiger partial charge in [-0.15, -0.1) is 0 Å². The first kappa shape index (κ1) is 16.3. The smallest absolute Gasteiger partial charge is 0.255 e. The summed E-state index contributed by atoms with van der Waals surface area (Å²) in [5.41, 5.74) is 8.38. The summed E-state index contributed by atoms with van der Waals surface area (Å²) in [5.74, 6) is -0.0486. The highest BCUT2D eigenvalue weighted by Gasteiger charge is 2.19. The van der Waals surface area contributed by atoms with Crippen LogP contribution in [0.3, 0.4) is 0 Å². The lowest BCUT2D eigenvalue weighted by atomic mass is 9.98. The topological polar surface area (TPSA) is 58.4 Å². The number of nitrogen functional groups attached to an aromatic ring is 1. The number of nitrogens with zero attached hydrogens (tertiary/aromatic N) is 1. The molecule has 24 heavy (non-hydrogen) atoms. The molecule has 0 radical (unpaired) electrons. The van der Waals surface area contributed by atoms with E-state index in [-0.39, 0.29) is 11.5 Å². The van der Waals surface area contributed by atoms with E-state index >= 15 is 0 Å². The minimum absolute atomic E-state index is 0.288. The number of halogens is 1. The number of carbonyl (C=O) groups is 1. The lowest BCUT2D eigenvalue weighted by Crippen LogP contribution is -2.33. The molecule has 4 nitrogen and oxygen atoms in total. The van der Waals surface area contributed by atoms with Gasteiger partial charge in [0.2, 0.25) is 0 Å². The van der Waals surface area contributed by atoms with Gasteiger partial charge >= 0.3 is 0 Å². The molecule has 1 fully saturated rings. The predicted octanol–water partition coefficient (Wildman–Crippen LogP) is 3.90. The molecule has 0 unspecified atom stereocenters. The monoisotopic (exact) mass is 327 g/mol. The Labute approximate surface area is 141 Å². The number of benzene rings is 2. The maximum absolute atomic E-state index is 13.3. The lowest BCUT2D eigenvalue weighted by molar-refractivity contribution is 0.102. The predicted molar refractivity (Wildman–Crippen MR) is 95.8 cm³/mol. The third kappa shape index (κ3) is 3.67. The van der Waals surface area contributed by atoms with Crippen molar-refractivity contribution in [1.82, 2.24) is 0 Å². The molecular formula is C19H22FN3O. The molecule has 1 aliphatic heterocycles. The summed E-state index contributed by atoms with van der Waals surface area (Å²) in [6.45, 7) is 4.16. The van der Waals surface area contributed by atoms with Crippen LogP contribution in [0.5, 0.6) is 0 Å². The zero-order valence-electron chi connectivity index (χ0n) is 13.8. The number of piperidine rings is 1. The molecule has 0 aromatic heterocycles.